The molecule has 0 saturated heterocycles. The lowest BCUT2D eigenvalue weighted by Gasteiger charge is -2.38. The lowest BCUT2D eigenvalue weighted by atomic mass is 9.68. The third-order valence-corrected chi connectivity index (χ3v) is 8.43. The molecule has 0 aliphatic heterocycles. The van der Waals surface area contributed by atoms with Gasteiger partial charge in [0.1, 0.15) is 0 Å². The molecule has 2 aliphatic carbocycles. The van der Waals surface area contributed by atoms with E-state index >= 15 is 0 Å². The molecule has 2 aromatic carbocycles. The van der Waals surface area contributed by atoms with E-state index in [1.165, 1.54) is 70.3 Å². The predicted octanol–water partition coefficient (Wildman–Crippen LogP) is 9.00. The fraction of sp³-hybridized carbons (Fsp3) is 0.655. The number of fused-ring (bicyclic) bond motifs is 1. The van der Waals surface area contributed by atoms with Crippen molar-refractivity contribution in [3.8, 4) is 5.75 Å². The number of halogens is 3. The molecular formula is C29H39F3O. The van der Waals surface area contributed by atoms with Crippen molar-refractivity contribution in [3.63, 3.8) is 0 Å². The van der Waals surface area contributed by atoms with E-state index in [4.69, 9.17) is 4.74 Å². The first-order chi connectivity index (χ1) is 16.0. The Kier molecular flexibility index (Phi) is 8.24. The number of rotatable bonds is 8. The van der Waals surface area contributed by atoms with Gasteiger partial charge in [-0.3, -0.25) is 0 Å². The molecule has 2 aliphatic rings. The highest BCUT2D eigenvalue weighted by molar-refractivity contribution is 5.86. The molecule has 33 heavy (non-hydrogen) atoms. The summed E-state index contributed by atoms with van der Waals surface area (Å²) in [5.41, 5.74) is 0.361. The van der Waals surface area contributed by atoms with Gasteiger partial charge in [-0.25, -0.2) is 13.2 Å². The van der Waals surface area contributed by atoms with Crippen LogP contribution in [-0.4, -0.2) is 6.61 Å². The van der Waals surface area contributed by atoms with Crippen LogP contribution in [0.4, 0.5) is 13.2 Å². The number of benzene rings is 2. The summed E-state index contributed by atoms with van der Waals surface area (Å²) in [7, 11) is 0. The van der Waals surface area contributed by atoms with Crippen molar-refractivity contribution in [1.29, 1.82) is 0 Å². The topological polar surface area (TPSA) is 9.23 Å². The number of ether oxygens (including phenoxy) is 1. The maximum absolute atomic E-state index is 14.8. The minimum atomic E-state index is -1.09. The molecule has 0 amide bonds. The largest absolute Gasteiger partial charge is 0.491 e. The first-order valence-corrected chi connectivity index (χ1v) is 13.2. The van der Waals surface area contributed by atoms with Crippen molar-refractivity contribution < 1.29 is 17.9 Å². The van der Waals surface area contributed by atoms with Crippen LogP contribution in [0, 0.1) is 41.1 Å². The smallest absolute Gasteiger partial charge is 0.175 e. The average molecular weight is 461 g/mol. The molecule has 0 spiro atoms. The minimum Gasteiger partial charge on any atom is -0.491 e. The highest BCUT2D eigenvalue weighted by atomic mass is 19.2. The Morgan fingerprint density at radius 1 is 0.758 bits per heavy atom. The van der Waals surface area contributed by atoms with Gasteiger partial charge in [0, 0.05) is 0 Å². The van der Waals surface area contributed by atoms with Gasteiger partial charge in [-0.15, -0.1) is 0 Å². The molecule has 0 atom stereocenters. The van der Waals surface area contributed by atoms with E-state index in [-0.39, 0.29) is 17.7 Å². The Bertz CT molecular complexity index is 924. The second-order valence-corrected chi connectivity index (χ2v) is 10.5. The van der Waals surface area contributed by atoms with Crippen LogP contribution in [0.1, 0.15) is 90.0 Å². The van der Waals surface area contributed by atoms with Gasteiger partial charge in [-0.05, 0) is 92.2 Å². The van der Waals surface area contributed by atoms with Gasteiger partial charge < -0.3 is 4.74 Å². The van der Waals surface area contributed by atoms with Gasteiger partial charge in [-0.2, -0.15) is 0 Å². The summed E-state index contributed by atoms with van der Waals surface area (Å²) in [6.07, 6.45) is 14.7. The monoisotopic (exact) mass is 460 g/mol. The van der Waals surface area contributed by atoms with Crippen LogP contribution >= 0.6 is 0 Å². The van der Waals surface area contributed by atoms with E-state index in [2.05, 4.69) is 6.92 Å². The lowest BCUT2D eigenvalue weighted by molar-refractivity contribution is 0.141. The summed E-state index contributed by atoms with van der Waals surface area (Å²) in [5, 5.41) is 0.0867. The van der Waals surface area contributed by atoms with Crippen molar-refractivity contribution in [2.45, 2.75) is 90.9 Å². The van der Waals surface area contributed by atoms with Crippen LogP contribution < -0.4 is 4.74 Å². The number of hydrogen-bond acceptors (Lipinski definition) is 1. The van der Waals surface area contributed by atoms with Gasteiger partial charge in [0.05, 0.1) is 12.0 Å². The summed E-state index contributed by atoms with van der Waals surface area (Å²) < 4.78 is 49.4. The zero-order valence-electron chi connectivity index (χ0n) is 20.3. The molecule has 2 saturated carbocycles. The Labute approximate surface area is 197 Å². The zero-order valence-corrected chi connectivity index (χ0v) is 20.3. The van der Waals surface area contributed by atoms with Crippen LogP contribution in [-0.2, 0) is 6.42 Å². The highest BCUT2D eigenvalue weighted by Crippen LogP contribution is 2.43. The van der Waals surface area contributed by atoms with Crippen molar-refractivity contribution in [2.24, 2.45) is 23.7 Å². The Morgan fingerprint density at radius 3 is 1.94 bits per heavy atom. The van der Waals surface area contributed by atoms with E-state index in [9.17, 15) is 13.2 Å². The first-order valence-electron chi connectivity index (χ1n) is 13.2. The molecule has 0 aromatic heterocycles. The van der Waals surface area contributed by atoms with Gasteiger partial charge >= 0.3 is 0 Å². The molecule has 4 rings (SSSR count). The van der Waals surface area contributed by atoms with Gasteiger partial charge in [0.15, 0.2) is 23.2 Å². The average Bonchev–Trinajstić information content (AvgIpc) is 2.83. The predicted molar refractivity (Wildman–Crippen MR) is 129 cm³/mol. The standard InChI is InChI=1S/C29H39F3O/c1-3-5-19-6-11-21(12-7-19)22-13-8-20(9-14-22)10-15-24-18-23-16-17-25(33-4-2)28(31)26(23)29(32)27(24)30/h16-22H,3-15H2,1-2H3. The summed E-state index contributed by atoms with van der Waals surface area (Å²) in [6.45, 7) is 4.30. The molecular weight excluding hydrogens is 421 g/mol. The van der Waals surface area contributed by atoms with Crippen molar-refractivity contribution in [1.82, 2.24) is 0 Å². The molecule has 0 heterocycles. The summed E-state index contributed by atoms with van der Waals surface area (Å²) in [6, 6.07) is 4.74. The van der Waals surface area contributed by atoms with E-state index < -0.39 is 17.5 Å². The normalized spacial score (nSPS) is 26.0. The molecule has 0 radical (unpaired) electrons. The van der Waals surface area contributed by atoms with Crippen LogP contribution in [0.15, 0.2) is 18.2 Å². The Balaban J connectivity index is 1.33. The van der Waals surface area contributed by atoms with Crippen LogP contribution in [0.5, 0.6) is 5.75 Å². The van der Waals surface area contributed by atoms with Gasteiger partial charge in [0.25, 0.3) is 0 Å². The maximum Gasteiger partial charge on any atom is 0.175 e. The first kappa shape index (κ1) is 24.4. The van der Waals surface area contributed by atoms with Crippen molar-refractivity contribution in [2.75, 3.05) is 6.61 Å². The lowest BCUT2D eigenvalue weighted by Crippen LogP contribution is -2.26. The van der Waals surface area contributed by atoms with Crippen LogP contribution in [0.2, 0.25) is 0 Å². The van der Waals surface area contributed by atoms with E-state index in [1.807, 2.05) is 0 Å². The second-order valence-electron chi connectivity index (χ2n) is 10.5. The molecule has 2 aromatic rings. The van der Waals surface area contributed by atoms with E-state index in [1.54, 1.807) is 19.1 Å². The zero-order chi connectivity index (χ0) is 23.4. The third-order valence-electron chi connectivity index (χ3n) is 8.43. The maximum atomic E-state index is 14.8. The van der Waals surface area contributed by atoms with Crippen molar-refractivity contribution >= 4 is 10.8 Å². The minimum absolute atomic E-state index is 0.0355. The summed E-state index contributed by atoms with van der Waals surface area (Å²) >= 11 is 0. The molecule has 182 valence electrons. The summed E-state index contributed by atoms with van der Waals surface area (Å²) in [5.74, 6) is 0.443. The molecule has 2 fully saturated rings. The highest BCUT2D eigenvalue weighted by Gasteiger charge is 2.30. The SMILES string of the molecule is CCCC1CCC(C2CCC(CCc3cc4ccc(OCC)c(F)c4c(F)c3F)CC2)CC1. The summed E-state index contributed by atoms with van der Waals surface area (Å²) in [4.78, 5) is 0. The van der Waals surface area contributed by atoms with Gasteiger partial charge in [0.2, 0.25) is 0 Å². The molecule has 1 nitrogen and oxygen atoms in total. The number of aryl methyl sites for hydroxylation is 1. The van der Waals surface area contributed by atoms with Crippen LogP contribution in [0.3, 0.4) is 0 Å². The molecule has 0 unspecified atom stereocenters. The quantitative estimate of drug-likeness (QED) is 0.382. The fourth-order valence-corrected chi connectivity index (χ4v) is 6.53. The van der Waals surface area contributed by atoms with E-state index in [0.29, 0.717) is 23.3 Å². The Morgan fingerprint density at radius 2 is 1.36 bits per heavy atom. The second kappa shape index (κ2) is 11.1. The van der Waals surface area contributed by atoms with Gasteiger partial charge in [-0.1, -0.05) is 51.5 Å². The number of hydrogen-bond donors (Lipinski definition) is 0. The van der Waals surface area contributed by atoms with Crippen molar-refractivity contribution in [3.05, 3.63) is 41.2 Å². The van der Waals surface area contributed by atoms with E-state index in [0.717, 1.165) is 24.2 Å². The molecule has 4 heteroatoms. The molecule has 0 bridgehead atoms. The third kappa shape index (κ3) is 5.52. The fourth-order valence-electron chi connectivity index (χ4n) is 6.53. The Hall–Kier alpha value is -1.71. The molecule has 0 N–H and O–H groups in total. The van der Waals surface area contributed by atoms with Crippen LogP contribution in [0.25, 0.3) is 10.8 Å².